The Hall–Kier alpha value is -1.10. The molecular weight excluding hydrogens is 268 g/mol. The summed E-state index contributed by atoms with van der Waals surface area (Å²) in [5.41, 5.74) is 0. The van der Waals surface area contributed by atoms with Crippen molar-refractivity contribution in [1.82, 2.24) is 10.2 Å². The van der Waals surface area contributed by atoms with E-state index in [-0.39, 0.29) is 17.9 Å². The first kappa shape index (κ1) is 18.0. The Labute approximate surface area is 128 Å². The first-order chi connectivity index (χ1) is 9.81. The van der Waals surface area contributed by atoms with Crippen LogP contribution in [-0.2, 0) is 9.59 Å². The molecule has 0 bridgehead atoms. The molecule has 0 aromatic carbocycles. The molecule has 5 nitrogen and oxygen atoms in total. The van der Waals surface area contributed by atoms with E-state index in [0.717, 1.165) is 25.8 Å². The lowest BCUT2D eigenvalue weighted by Gasteiger charge is -2.31. The lowest BCUT2D eigenvalue weighted by atomic mass is 9.78. The van der Waals surface area contributed by atoms with Gasteiger partial charge in [-0.15, -0.1) is 0 Å². The molecule has 1 amide bonds. The minimum absolute atomic E-state index is 0.0744. The molecule has 0 aliphatic heterocycles. The molecule has 0 spiro atoms. The number of carbonyl (C=O) groups is 2. The first-order valence-electron chi connectivity index (χ1n) is 7.99. The van der Waals surface area contributed by atoms with Crippen molar-refractivity contribution in [2.75, 3.05) is 20.6 Å². The van der Waals surface area contributed by atoms with E-state index in [1.54, 1.807) is 0 Å². The Morgan fingerprint density at radius 3 is 2.24 bits per heavy atom. The van der Waals surface area contributed by atoms with Crippen LogP contribution in [0.25, 0.3) is 0 Å². The maximum Gasteiger partial charge on any atom is 0.307 e. The summed E-state index contributed by atoms with van der Waals surface area (Å²) >= 11 is 0. The van der Waals surface area contributed by atoms with E-state index in [2.05, 4.69) is 24.1 Å². The molecule has 5 heteroatoms. The highest BCUT2D eigenvalue weighted by Crippen LogP contribution is 2.30. The van der Waals surface area contributed by atoms with E-state index in [4.69, 9.17) is 0 Å². The van der Waals surface area contributed by atoms with Crippen molar-refractivity contribution in [1.29, 1.82) is 0 Å². The van der Waals surface area contributed by atoms with Crippen molar-refractivity contribution in [3.05, 3.63) is 0 Å². The summed E-state index contributed by atoms with van der Waals surface area (Å²) in [4.78, 5) is 25.9. The molecule has 2 N–H and O–H groups in total. The Kier molecular flexibility index (Phi) is 7.15. The fraction of sp³-hybridized carbons (Fsp3) is 0.875. The second-order valence-corrected chi connectivity index (χ2v) is 6.93. The summed E-state index contributed by atoms with van der Waals surface area (Å²) in [6.07, 6.45) is 4.09. The molecule has 3 atom stereocenters. The van der Waals surface area contributed by atoms with Gasteiger partial charge in [-0.3, -0.25) is 9.59 Å². The van der Waals surface area contributed by atoms with E-state index in [1.165, 1.54) is 0 Å². The van der Waals surface area contributed by atoms with E-state index < -0.39 is 11.9 Å². The summed E-state index contributed by atoms with van der Waals surface area (Å²) in [5, 5.41) is 12.4. The van der Waals surface area contributed by atoms with Gasteiger partial charge in [0.25, 0.3) is 0 Å². The van der Waals surface area contributed by atoms with Crippen LogP contribution in [0.1, 0.15) is 46.0 Å². The van der Waals surface area contributed by atoms with Gasteiger partial charge in [-0.05, 0) is 39.3 Å². The number of rotatable bonds is 7. The molecular formula is C16H30N2O3. The van der Waals surface area contributed by atoms with Crippen LogP contribution in [0.15, 0.2) is 0 Å². The van der Waals surface area contributed by atoms with Gasteiger partial charge in [-0.2, -0.15) is 0 Å². The van der Waals surface area contributed by atoms with E-state index >= 15 is 0 Å². The van der Waals surface area contributed by atoms with Gasteiger partial charge in [0, 0.05) is 12.6 Å². The van der Waals surface area contributed by atoms with Crippen molar-refractivity contribution < 1.29 is 14.7 Å². The SMILES string of the molecule is CC(C)CC(CN(C)C)NC(=O)C1CCCCC1C(=O)O. The van der Waals surface area contributed by atoms with Gasteiger partial charge in [-0.1, -0.05) is 26.7 Å². The highest BCUT2D eigenvalue weighted by atomic mass is 16.4. The second-order valence-electron chi connectivity index (χ2n) is 6.93. The zero-order valence-corrected chi connectivity index (χ0v) is 13.8. The molecule has 1 fully saturated rings. The molecule has 1 saturated carbocycles. The highest BCUT2D eigenvalue weighted by Gasteiger charge is 2.36. The number of nitrogens with one attached hydrogen (secondary N) is 1. The average Bonchev–Trinajstić information content (AvgIpc) is 2.36. The fourth-order valence-electron chi connectivity index (χ4n) is 3.24. The zero-order chi connectivity index (χ0) is 16.0. The van der Waals surface area contributed by atoms with Crippen molar-refractivity contribution in [3.8, 4) is 0 Å². The number of carboxylic acid groups (broad SMARTS) is 1. The minimum Gasteiger partial charge on any atom is -0.481 e. The minimum atomic E-state index is -0.831. The number of hydrogen-bond donors (Lipinski definition) is 2. The number of hydrogen-bond acceptors (Lipinski definition) is 3. The van der Waals surface area contributed by atoms with E-state index in [1.807, 2.05) is 14.1 Å². The highest BCUT2D eigenvalue weighted by molar-refractivity contribution is 5.85. The number of carboxylic acids is 1. The van der Waals surface area contributed by atoms with Crippen molar-refractivity contribution in [2.24, 2.45) is 17.8 Å². The largest absolute Gasteiger partial charge is 0.481 e. The average molecular weight is 298 g/mol. The number of amides is 1. The summed E-state index contributed by atoms with van der Waals surface area (Å²) in [6, 6.07) is 0.0869. The number of aliphatic carboxylic acids is 1. The van der Waals surface area contributed by atoms with Gasteiger partial charge in [0.1, 0.15) is 0 Å². The van der Waals surface area contributed by atoms with Gasteiger partial charge >= 0.3 is 5.97 Å². The van der Waals surface area contributed by atoms with Crippen LogP contribution in [0, 0.1) is 17.8 Å². The molecule has 0 radical (unpaired) electrons. The first-order valence-corrected chi connectivity index (χ1v) is 7.99. The third-order valence-corrected chi connectivity index (χ3v) is 4.11. The maximum absolute atomic E-state index is 12.5. The van der Waals surface area contributed by atoms with Crippen LogP contribution < -0.4 is 5.32 Å². The van der Waals surface area contributed by atoms with Crippen LogP contribution >= 0.6 is 0 Å². The van der Waals surface area contributed by atoms with Crippen LogP contribution in [0.2, 0.25) is 0 Å². The number of nitrogens with zero attached hydrogens (tertiary/aromatic N) is 1. The molecule has 0 aromatic rings. The van der Waals surface area contributed by atoms with Gasteiger partial charge in [0.05, 0.1) is 11.8 Å². The quantitative estimate of drug-likeness (QED) is 0.754. The smallest absolute Gasteiger partial charge is 0.307 e. The fourth-order valence-corrected chi connectivity index (χ4v) is 3.24. The Morgan fingerprint density at radius 2 is 1.76 bits per heavy atom. The van der Waals surface area contributed by atoms with E-state index in [9.17, 15) is 14.7 Å². The monoisotopic (exact) mass is 298 g/mol. The third kappa shape index (κ3) is 6.04. The van der Waals surface area contributed by atoms with Crippen LogP contribution in [0.5, 0.6) is 0 Å². The summed E-state index contributed by atoms with van der Waals surface area (Å²) in [5.74, 6) is -1.29. The Balaban J connectivity index is 2.67. The number of likely N-dealkylation sites (N-methyl/N-ethyl adjacent to an activating group) is 1. The molecule has 1 aliphatic carbocycles. The molecule has 1 rings (SSSR count). The molecule has 3 unspecified atom stereocenters. The normalized spacial score (nSPS) is 24.1. The van der Waals surface area contributed by atoms with Gasteiger partial charge < -0.3 is 15.3 Å². The van der Waals surface area contributed by atoms with Crippen molar-refractivity contribution in [3.63, 3.8) is 0 Å². The standard InChI is InChI=1S/C16H30N2O3/c1-11(2)9-12(10-18(3)4)17-15(19)13-7-5-6-8-14(13)16(20)21/h11-14H,5-10H2,1-4H3,(H,17,19)(H,20,21). The molecule has 21 heavy (non-hydrogen) atoms. The third-order valence-electron chi connectivity index (χ3n) is 4.11. The van der Waals surface area contributed by atoms with Crippen molar-refractivity contribution >= 4 is 11.9 Å². The van der Waals surface area contributed by atoms with Crippen LogP contribution in [0.4, 0.5) is 0 Å². The molecule has 0 saturated heterocycles. The number of carbonyl (C=O) groups excluding carboxylic acids is 1. The molecule has 0 aromatic heterocycles. The Morgan fingerprint density at radius 1 is 1.19 bits per heavy atom. The topological polar surface area (TPSA) is 69.6 Å². The molecule has 0 heterocycles. The summed E-state index contributed by atoms with van der Waals surface area (Å²) in [7, 11) is 3.97. The van der Waals surface area contributed by atoms with E-state index in [0.29, 0.717) is 18.8 Å². The summed E-state index contributed by atoms with van der Waals surface area (Å²) < 4.78 is 0. The lowest BCUT2D eigenvalue weighted by Crippen LogP contribution is -2.47. The molecule has 1 aliphatic rings. The second kappa shape index (κ2) is 8.37. The van der Waals surface area contributed by atoms with Crippen LogP contribution in [-0.4, -0.2) is 48.6 Å². The van der Waals surface area contributed by atoms with Crippen LogP contribution in [0.3, 0.4) is 0 Å². The lowest BCUT2D eigenvalue weighted by molar-refractivity contribution is -0.149. The van der Waals surface area contributed by atoms with Crippen molar-refractivity contribution in [2.45, 2.75) is 52.0 Å². The van der Waals surface area contributed by atoms with Gasteiger partial charge in [0.15, 0.2) is 0 Å². The zero-order valence-electron chi connectivity index (χ0n) is 13.8. The predicted molar refractivity (Wildman–Crippen MR) is 83.0 cm³/mol. The summed E-state index contributed by atoms with van der Waals surface area (Å²) in [6.45, 7) is 5.05. The van der Waals surface area contributed by atoms with Gasteiger partial charge in [-0.25, -0.2) is 0 Å². The molecule has 122 valence electrons. The predicted octanol–water partition coefficient (Wildman–Crippen LogP) is 1.97. The van der Waals surface area contributed by atoms with Gasteiger partial charge in [0.2, 0.25) is 5.91 Å². The Bertz CT molecular complexity index is 345. The maximum atomic E-state index is 12.5.